The van der Waals surface area contributed by atoms with Crippen molar-refractivity contribution in [1.82, 2.24) is 14.8 Å². The molecule has 195 valence electrons. The minimum Gasteiger partial charge on any atom is -0.305 e. The molecule has 0 bridgehead atoms. The standard InChI is InChI=1S/C23H25N2.C11H8N.Ir/c1-15-10-9-11-16(2)21(15)18-14-20-23(5,6)22(3,4)17-12-7-8-13-19(17)25(20)24-18;1-2-6-10(7-3-1)11-8-4-5-9-12-11;/h7-12,14H,1-6H3;1-6,8-9H;/q2*-1;. The number of hydrogen-bond donors (Lipinski definition) is 0. The van der Waals surface area contributed by atoms with Crippen molar-refractivity contribution in [3.05, 3.63) is 126 Å². The zero-order valence-electron chi connectivity index (χ0n) is 22.8. The summed E-state index contributed by atoms with van der Waals surface area (Å²) in [5.74, 6) is 0. The van der Waals surface area contributed by atoms with Crippen LogP contribution >= 0.6 is 0 Å². The van der Waals surface area contributed by atoms with Crippen molar-refractivity contribution in [2.45, 2.75) is 52.4 Å². The Bertz CT molecular complexity index is 1480. The van der Waals surface area contributed by atoms with E-state index in [1.54, 1.807) is 6.20 Å². The molecule has 2 aromatic heterocycles. The molecule has 0 fully saturated rings. The van der Waals surface area contributed by atoms with Gasteiger partial charge in [-0.2, -0.15) is 29.4 Å². The van der Waals surface area contributed by atoms with Gasteiger partial charge in [0.1, 0.15) is 0 Å². The number of rotatable bonds is 2. The Morgan fingerprint density at radius 3 is 2.08 bits per heavy atom. The SMILES string of the molecule is Cc1cccc(C)c1-c1cc2n(n1)-c1[c-]cccc1C(C)(C)C2(C)C.[Ir].[c-]1ccccc1-c1ccccn1. The van der Waals surface area contributed by atoms with Crippen molar-refractivity contribution < 1.29 is 20.1 Å². The predicted molar refractivity (Wildman–Crippen MR) is 152 cm³/mol. The van der Waals surface area contributed by atoms with E-state index in [0.29, 0.717) is 0 Å². The van der Waals surface area contributed by atoms with E-state index >= 15 is 0 Å². The van der Waals surface area contributed by atoms with Gasteiger partial charge in [0, 0.05) is 43.0 Å². The van der Waals surface area contributed by atoms with Crippen LogP contribution in [0.3, 0.4) is 0 Å². The number of fused-ring (bicyclic) bond motifs is 3. The molecule has 5 aromatic rings. The molecule has 6 rings (SSSR count). The Kier molecular flexibility index (Phi) is 7.88. The Hall–Kier alpha value is -3.33. The third kappa shape index (κ3) is 4.79. The fraction of sp³-hybridized carbons (Fsp3) is 0.235. The van der Waals surface area contributed by atoms with Crippen molar-refractivity contribution in [2.75, 3.05) is 0 Å². The minimum atomic E-state index is -0.0307. The average molecular weight is 676 g/mol. The third-order valence-corrected chi connectivity index (χ3v) is 8.02. The van der Waals surface area contributed by atoms with Gasteiger partial charge in [-0.3, -0.25) is 4.68 Å². The molecule has 0 aliphatic carbocycles. The van der Waals surface area contributed by atoms with Crippen LogP contribution in [-0.4, -0.2) is 14.8 Å². The van der Waals surface area contributed by atoms with E-state index < -0.39 is 0 Å². The predicted octanol–water partition coefficient (Wildman–Crippen LogP) is 8.07. The van der Waals surface area contributed by atoms with Gasteiger partial charge in [-0.05, 0) is 53.9 Å². The molecule has 4 heteroatoms. The second-order valence-corrected chi connectivity index (χ2v) is 10.8. The Morgan fingerprint density at radius 1 is 0.711 bits per heavy atom. The van der Waals surface area contributed by atoms with E-state index in [0.717, 1.165) is 22.6 Å². The maximum atomic E-state index is 5.03. The van der Waals surface area contributed by atoms with E-state index in [9.17, 15) is 0 Å². The summed E-state index contributed by atoms with van der Waals surface area (Å²) in [4.78, 5) is 4.22. The molecular weight excluding hydrogens is 643 g/mol. The van der Waals surface area contributed by atoms with E-state index in [4.69, 9.17) is 5.10 Å². The maximum Gasteiger partial charge on any atom is 0.0935 e. The van der Waals surface area contributed by atoms with Crippen LogP contribution < -0.4 is 0 Å². The molecule has 1 aliphatic rings. The molecule has 0 spiro atoms. The Balaban J connectivity index is 0.000000218. The van der Waals surface area contributed by atoms with Crippen LogP contribution in [0.15, 0.2) is 91.1 Å². The van der Waals surface area contributed by atoms with Gasteiger partial charge in [0.25, 0.3) is 0 Å². The summed E-state index contributed by atoms with van der Waals surface area (Å²) >= 11 is 0. The molecule has 0 saturated heterocycles. The molecule has 0 amide bonds. The molecule has 0 saturated carbocycles. The Morgan fingerprint density at radius 2 is 1.42 bits per heavy atom. The third-order valence-electron chi connectivity index (χ3n) is 8.02. The quantitative estimate of drug-likeness (QED) is 0.177. The van der Waals surface area contributed by atoms with Crippen molar-refractivity contribution in [3.63, 3.8) is 0 Å². The molecule has 38 heavy (non-hydrogen) atoms. The molecule has 3 heterocycles. The van der Waals surface area contributed by atoms with Crippen molar-refractivity contribution in [2.24, 2.45) is 0 Å². The van der Waals surface area contributed by atoms with E-state index in [2.05, 4.69) is 99.7 Å². The average Bonchev–Trinajstić information content (AvgIpc) is 3.35. The minimum absolute atomic E-state index is 0. The normalized spacial score (nSPS) is 14.3. The molecule has 0 atom stereocenters. The monoisotopic (exact) mass is 676 g/mol. The van der Waals surface area contributed by atoms with Gasteiger partial charge in [-0.1, -0.05) is 58.0 Å². The van der Waals surface area contributed by atoms with Crippen molar-refractivity contribution in [3.8, 4) is 28.2 Å². The first-order valence-electron chi connectivity index (χ1n) is 12.8. The smallest absolute Gasteiger partial charge is 0.0935 e. The number of para-hydroxylation sites is 1. The van der Waals surface area contributed by atoms with Crippen LogP contribution in [0.4, 0.5) is 0 Å². The summed E-state index contributed by atoms with van der Waals surface area (Å²) < 4.78 is 2.11. The Labute approximate surface area is 240 Å². The number of hydrogen-bond acceptors (Lipinski definition) is 2. The second kappa shape index (κ2) is 10.8. The summed E-state index contributed by atoms with van der Waals surface area (Å²) in [6, 6.07) is 35.2. The van der Waals surface area contributed by atoms with E-state index in [1.165, 1.54) is 27.9 Å². The van der Waals surface area contributed by atoms with Gasteiger partial charge < -0.3 is 4.98 Å². The molecule has 1 aliphatic heterocycles. The first-order chi connectivity index (χ1) is 17.7. The van der Waals surface area contributed by atoms with E-state index in [-0.39, 0.29) is 30.9 Å². The largest absolute Gasteiger partial charge is 0.305 e. The van der Waals surface area contributed by atoms with Crippen molar-refractivity contribution >= 4 is 0 Å². The fourth-order valence-electron chi connectivity index (χ4n) is 5.18. The molecule has 0 N–H and O–H groups in total. The first kappa shape index (κ1) is 27.7. The molecule has 3 aromatic carbocycles. The summed E-state index contributed by atoms with van der Waals surface area (Å²) in [5.41, 5.74) is 10.5. The zero-order valence-corrected chi connectivity index (χ0v) is 25.2. The number of benzene rings is 3. The maximum absolute atomic E-state index is 5.03. The summed E-state index contributed by atoms with van der Waals surface area (Å²) in [6.45, 7) is 13.6. The van der Waals surface area contributed by atoms with E-state index in [1.807, 2.05) is 48.5 Å². The van der Waals surface area contributed by atoms with Crippen LogP contribution in [0.5, 0.6) is 0 Å². The van der Waals surface area contributed by atoms with Gasteiger partial charge in [0.05, 0.1) is 5.69 Å². The van der Waals surface area contributed by atoms with Crippen LogP contribution in [0.25, 0.3) is 28.2 Å². The fourth-order valence-corrected chi connectivity index (χ4v) is 5.18. The first-order valence-corrected chi connectivity index (χ1v) is 12.8. The molecule has 3 nitrogen and oxygen atoms in total. The van der Waals surface area contributed by atoms with Crippen LogP contribution in [0.1, 0.15) is 50.1 Å². The van der Waals surface area contributed by atoms with Crippen LogP contribution in [0, 0.1) is 26.0 Å². The van der Waals surface area contributed by atoms with Gasteiger partial charge in [0.15, 0.2) is 0 Å². The van der Waals surface area contributed by atoms with Gasteiger partial charge in [-0.25, -0.2) is 0 Å². The summed E-state index contributed by atoms with van der Waals surface area (Å²) in [6.07, 6.45) is 1.79. The van der Waals surface area contributed by atoms with Crippen LogP contribution in [-0.2, 0) is 30.9 Å². The number of aryl methyl sites for hydroxylation is 2. The summed E-state index contributed by atoms with van der Waals surface area (Å²) in [7, 11) is 0. The zero-order chi connectivity index (χ0) is 26.2. The number of nitrogens with zero attached hydrogens (tertiary/aromatic N) is 3. The second-order valence-electron chi connectivity index (χ2n) is 10.8. The molecule has 0 unspecified atom stereocenters. The molecular formula is C34H33IrN3-2. The van der Waals surface area contributed by atoms with Gasteiger partial charge in [-0.15, -0.1) is 41.5 Å². The summed E-state index contributed by atoms with van der Waals surface area (Å²) in [5, 5.41) is 5.03. The number of aromatic nitrogens is 3. The van der Waals surface area contributed by atoms with Gasteiger partial charge >= 0.3 is 0 Å². The van der Waals surface area contributed by atoms with Crippen molar-refractivity contribution in [1.29, 1.82) is 0 Å². The molecule has 1 radical (unpaired) electrons. The number of pyridine rings is 1. The van der Waals surface area contributed by atoms with Crippen LogP contribution in [0.2, 0.25) is 0 Å². The van der Waals surface area contributed by atoms with Gasteiger partial charge in [0.2, 0.25) is 0 Å². The topological polar surface area (TPSA) is 30.7 Å².